The molecular formula is C20H21F2N3O. The van der Waals surface area contributed by atoms with Crippen LogP contribution in [0.15, 0.2) is 48.7 Å². The molecule has 3 aromatic rings. The summed E-state index contributed by atoms with van der Waals surface area (Å²) in [6.07, 6.45) is 1.88. The molecule has 1 aromatic heterocycles. The predicted molar refractivity (Wildman–Crippen MR) is 97.7 cm³/mol. The summed E-state index contributed by atoms with van der Waals surface area (Å²) < 4.78 is 26.5. The van der Waals surface area contributed by atoms with Crippen molar-refractivity contribution in [3.63, 3.8) is 0 Å². The minimum absolute atomic E-state index is 0.251. The monoisotopic (exact) mass is 357 g/mol. The molecule has 0 spiro atoms. The largest absolute Gasteiger partial charge is 0.361 e. The highest BCUT2D eigenvalue weighted by atomic mass is 19.2. The van der Waals surface area contributed by atoms with Gasteiger partial charge in [0, 0.05) is 24.8 Å². The smallest absolute Gasteiger partial charge is 0.318 e. The molecule has 136 valence electrons. The summed E-state index contributed by atoms with van der Waals surface area (Å²) in [6.45, 7) is 4.64. The van der Waals surface area contributed by atoms with E-state index in [9.17, 15) is 13.6 Å². The number of halogens is 2. The highest BCUT2D eigenvalue weighted by Crippen LogP contribution is 2.18. The van der Waals surface area contributed by atoms with Crippen LogP contribution in [0.2, 0.25) is 0 Å². The number of carbonyl (C=O) groups excluding carboxylic acids is 1. The SMILES string of the molecule is CCN(Cc1ccc2[nH]ccc2c1)C(=O)NC(C)c1ccc(F)c(F)c1. The van der Waals surface area contributed by atoms with E-state index in [0.29, 0.717) is 18.7 Å². The van der Waals surface area contributed by atoms with E-state index >= 15 is 0 Å². The lowest BCUT2D eigenvalue weighted by Gasteiger charge is -2.24. The molecule has 0 aliphatic rings. The van der Waals surface area contributed by atoms with E-state index in [-0.39, 0.29) is 6.03 Å². The number of aromatic nitrogens is 1. The second-order valence-corrected chi connectivity index (χ2v) is 6.26. The van der Waals surface area contributed by atoms with Crippen molar-refractivity contribution in [3.8, 4) is 0 Å². The van der Waals surface area contributed by atoms with Gasteiger partial charge in [0.1, 0.15) is 0 Å². The Labute approximate surface area is 150 Å². The molecule has 0 bridgehead atoms. The summed E-state index contributed by atoms with van der Waals surface area (Å²) in [7, 11) is 0. The van der Waals surface area contributed by atoms with Crippen LogP contribution in [0.1, 0.15) is 31.0 Å². The van der Waals surface area contributed by atoms with Gasteiger partial charge in [-0.15, -0.1) is 0 Å². The Balaban J connectivity index is 1.68. The van der Waals surface area contributed by atoms with E-state index in [1.54, 1.807) is 11.8 Å². The van der Waals surface area contributed by atoms with Gasteiger partial charge in [-0.05, 0) is 60.7 Å². The fraction of sp³-hybridized carbons (Fsp3) is 0.250. The van der Waals surface area contributed by atoms with Crippen LogP contribution >= 0.6 is 0 Å². The van der Waals surface area contributed by atoms with E-state index in [2.05, 4.69) is 10.3 Å². The van der Waals surface area contributed by atoms with Gasteiger partial charge in [-0.2, -0.15) is 0 Å². The predicted octanol–water partition coefficient (Wildman–Crippen LogP) is 4.74. The minimum atomic E-state index is -0.921. The van der Waals surface area contributed by atoms with Crippen LogP contribution in [0.3, 0.4) is 0 Å². The molecule has 0 radical (unpaired) electrons. The Morgan fingerprint density at radius 3 is 2.69 bits per heavy atom. The highest BCUT2D eigenvalue weighted by Gasteiger charge is 2.17. The molecule has 1 unspecified atom stereocenters. The van der Waals surface area contributed by atoms with Crippen LogP contribution < -0.4 is 5.32 Å². The third-order valence-electron chi connectivity index (χ3n) is 4.44. The third kappa shape index (κ3) is 3.85. The van der Waals surface area contributed by atoms with Gasteiger partial charge in [0.25, 0.3) is 0 Å². The first-order chi connectivity index (χ1) is 12.5. The van der Waals surface area contributed by atoms with Gasteiger partial charge >= 0.3 is 6.03 Å². The normalized spacial score (nSPS) is 12.2. The molecule has 2 N–H and O–H groups in total. The molecule has 0 saturated carbocycles. The van der Waals surface area contributed by atoms with E-state index in [1.165, 1.54) is 6.07 Å². The van der Waals surface area contributed by atoms with Crippen molar-refractivity contribution in [1.82, 2.24) is 15.2 Å². The van der Waals surface area contributed by atoms with Gasteiger partial charge in [-0.25, -0.2) is 13.6 Å². The Kier molecular flexibility index (Phi) is 5.21. The van der Waals surface area contributed by atoms with E-state index in [4.69, 9.17) is 0 Å². The van der Waals surface area contributed by atoms with Crippen LogP contribution in [-0.2, 0) is 6.54 Å². The number of nitrogens with one attached hydrogen (secondary N) is 2. The fourth-order valence-electron chi connectivity index (χ4n) is 2.89. The summed E-state index contributed by atoms with van der Waals surface area (Å²) in [5, 5.41) is 3.93. The molecule has 2 aromatic carbocycles. The number of nitrogens with zero attached hydrogens (tertiary/aromatic N) is 1. The quantitative estimate of drug-likeness (QED) is 0.681. The molecule has 1 heterocycles. The number of rotatable bonds is 5. The Morgan fingerprint density at radius 2 is 1.96 bits per heavy atom. The lowest BCUT2D eigenvalue weighted by atomic mass is 10.1. The molecule has 0 aliphatic heterocycles. The number of benzene rings is 2. The summed E-state index contributed by atoms with van der Waals surface area (Å²) in [6, 6.07) is 11.0. The van der Waals surface area contributed by atoms with Crippen molar-refractivity contribution >= 4 is 16.9 Å². The maximum absolute atomic E-state index is 13.4. The number of H-pyrrole nitrogens is 1. The number of hydrogen-bond donors (Lipinski definition) is 2. The average Bonchev–Trinajstić information content (AvgIpc) is 3.09. The molecule has 3 rings (SSSR count). The van der Waals surface area contributed by atoms with Crippen molar-refractivity contribution < 1.29 is 13.6 Å². The third-order valence-corrected chi connectivity index (χ3v) is 4.44. The highest BCUT2D eigenvalue weighted by molar-refractivity contribution is 5.80. The van der Waals surface area contributed by atoms with E-state index in [0.717, 1.165) is 28.6 Å². The van der Waals surface area contributed by atoms with Crippen LogP contribution in [0.25, 0.3) is 10.9 Å². The molecule has 1 atom stereocenters. The summed E-state index contributed by atoms with van der Waals surface area (Å²) in [5.74, 6) is -1.82. The second-order valence-electron chi connectivity index (χ2n) is 6.26. The van der Waals surface area contributed by atoms with Gasteiger partial charge in [-0.3, -0.25) is 0 Å². The fourth-order valence-corrected chi connectivity index (χ4v) is 2.89. The van der Waals surface area contributed by atoms with Crippen molar-refractivity contribution in [3.05, 3.63) is 71.4 Å². The zero-order valence-electron chi connectivity index (χ0n) is 14.7. The van der Waals surface area contributed by atoms with Crippen LogP contribution in [0.5, 0.6) is 0 Å². The zero-order chi connectivity index (χ0) is 18.7. The molecule has 0 aliphatic carbocycles. The molecule has 0 fully saturated rings. The molecular weight excluding hydrogens is 336 g/mol. The van der Waals surface area contributed by atoms with Crippen LogP contribution in [0, 0.1) is 11.6 Å². The molecule has 0 saturated heterocycles. The summed E-state index contributed by atoms with van der Waals surface area (Å²) in [5.41, 5.74) is 2.59. The minimum Gasteiger partial charge on any atom is -0.361 e. The van der Waals surface area contributed by atoms with Crippen molar-refractivity contribution in [1.29, 1.82) is 0 Å². The van der Waals surface area contributed by atoms with Crippen LogP contribution in [0.4, 0.5) is 13.6 Å². The number of carbonyl (C=O) groups is 1. The summed E-state index contributed by atoms with van der Waals surface area (Å²) in [4.78, 5) is 17.4. The molecule has 6 heteroatoms. The maximum atomic E-state index is 13.4. The van der Waals surface area contributed by atoms with Gasteiger partial charge < -0.3 is 15.2 Å². The summed E-state index contributed by atoms with van der Waals surface area (Å²) >= 11 is 0. The molecule has 4 nitrogen and oxygen atoms in total. The molecule has 2 amide bonds. The van der Waals surface area contributed by atoms with Crippen molar-refractivity contribution in [2.45, 2.75) is 26.4 Å². The number of aromatic amines is 1. The van der Waals surface area contributed by atoms with Gasteiger partial charge in [-0.1, -0.05) is 12.1 Å². The standard InChI is InChI=1S/C20H21F2N3O/c1-3-25(12-14-4-7-19-16(10-14)8-9-23-19)20(26)24-13(2)15-5-6-17(21)18(22)11-15/h4-11,13,23H,3,12H2,1-2H3,(H,24,26). The van der Waals surface area contributed by atoms with Crippen LogP contribution in [-0.4, -0.2) is 22.5 Å². The molecule has 26 heavy (non-hydrogen) atoms. The Hall–Kier alpha value is -2.89. The lowest BCUT2D eigenvalue weighted by Crippen LogP contribution is -2.40. The lowest BCUT2D eigenvalue weighted by molar-refractivity contribution is 0.195. The average molecular weight is 357 g/mol. The van der Waals surface area contributed by atoms with Crippen molar-refractivity contribution in [2.24, 2.45) is 0 Å². The first kappa shape index (κ1) is 17.9. The zero-order valence-corrected chi connectivity index (χ0v) is 14.7. The van der Waals surface area contributed by atoms with Gasteiger partial charge in [0.2, 0.25) is 0 Å². The van der Waals surface area contributed by atoms with E-state index in [1.807, 2.05) is 37.4 Å². The van der Waals surface area contributed by atoms with Gasteiger partial charge in [0.15, 0.2) is 11.6 Å². The topological polar surface area (TPSA) is 48.1 Å². The van der Waals surface area contributed by atoms with Crippen molar-refractivity contribution in [2.75, 3.05) is 6.54 Å². The van der Waals surface area contributed by atoms with Gasteiger partial charge in [0.05, 0.1) is 6.04 Å². The van der Waals surface area contributed by atoms with E-state index < -0.39 is 17.7 Å². The number of amides is 2. The Bertz CT molecular complexity index is 922. The first-order valence-electron chi connectivity index (χ1n) is 8.54. The number of hydrogen-bond acceptors (Lipinski definition) is 1. The maximum Gasteiger partial charge on any atom is 0.318 e. The Morgan fingerprint density at radius 1 is 1.15 bits per heavy atom. The number of fused-ring (bicyclic) bond motifs is 1. The number of urea groups is 1. The second kappa shape index (κ2) is 7.56. The first-order valence-corrected chi connectivity index (χ1v) is 8.54.